The molecule has 0 saturated heterocycles. The van der Waals surface area contributed by atoms with Crippen LogP contribution in [0.4, 0.5) is 0 Å². The molecule has 0 saturated carbocycles. The molecule has 0 aliphatic heterocycles. The van der Waals surface area contributed by atoms with E-state index >= 15 is 0 Å². The molecule has 2 aromatic rings. The number of rotatable bonds is 4. The van der Waals surface area contributed by atoms with E-state index in [2.05, 4.69) is 17.2 Å². The van der Waals surface area contributed by atoms with Crippen molar-refractivity contribution in [3.8, 4) is 10.6 Å². The third-order valence-corrected chi connectivity index (χ3v) is 4.05. The molecule has 0 radical (unpaired) electrons. The SMILES string of the molecule is CCNCc1cnc(-c2ccc(Cl)c(Cl)c2)s1. The molecular weight excluding hydrogens is 275 g/mol. The van der Waals surface area contributed by atoms with Crippen LogP contribution in [0.2, 0.25) is 10.0 Å². The zero-order valence-electron chi connectivity index (χ0n) is 9.34. The Kier molecular flexibility index (Phi) is 4.40. The molecule has 0 bridgehead atoms. The quantitative estimate of drug-likeness (QED) is 0.910. The van der Waals surface area contributed by atoms with E-state index in [1.165, 1.54) is 4.88 Å². The Bertz CT molecular complexity index is 511. The number of hydrogen-bond donors (Lipinski definition) is 1. The van der Waals surface area contributed by atoms with Gasteiger partial charge in [-0.05, 0) is 18.7 Å². The van der Waals surface area contributed by atoms with Crippen molar-refractivity contribution in [2.75, 3.05) is 6.54 Å². The number of nitrogens with zero attached hydrogens (tertiary/aromatic N) is 1. The first kappa shape index (κ1) is 12.8. The summed E-state index contributed by atoms with van der Waals surface area (Å²) in [5.41, 5.74) is 1.01. The smallest absolute Gasteiger partial charge is 0.123 e. The lowest BCUT2D eigenvalue weighted by Crippen LogP contribution is -2.10. The number of nitrogens with one attached hydrogen (secondary N) is 1. The molecule has 0 atom stereocenters. The number of hydrogen-bond acceptors (Lipinski definition) is 3. The van der Waals surface area contributed by atoms with Crippen LogP contribution in [-0.2, 0) is 6.54 Å². The lowest BCUT2D eigenvalue weighted by atomic mass is 10.2. The van der Waals surface area contributed by atoms with Crippen molar-refractivity contribution in [1.29, 1.82) is 0 Å². The second-order valence-electron chi connectivity index (χ2n) is 3.54. The third-order valence-electron chi connectivity index (χ3n) is 2.27. The van der Waals surface area contributed by atoms with Crippen LogP contribution >= 0.6 is 34.5 Å². The molecule has 1 aromatic carbocycles. The first-order valence-electron chi connectivity index (χ1n) is 5.31. The van der Waals surface area contributed by atoms with E-state index in [4.69, 9.17) is 23.2 Å². The van der Waals surface area contributed by atoms with E-state index in [9.17, 15) is 0 Å². The van der Waals surface area contributed by atoms with E-state index in [0.29, 0.717) is 10.0 Å². The van der Waals surface area contributed by atoms with Gasteiger partial charge in [0.05, 0.1) is 10.0 Å². The summed E-state index contributed by atoms with van der Waals surface area (Å²) >= 11 is 13.5. The Hall–Kier alpha value is -0.610. The maximum Gasteiger partial charge on any atom is 0.123 e. The molecule has 1 N–H and O–H groups in total. The summed E-state index contributed by atoms with van der Waals surface area (Å²) in [5.74, 6) is 0. The fraction of sp³-hybridized carbons (Fsp3) is 0.250. The van der Waals surface area contributed by atoms with E-state index < -0.39 is 0 Å². The molecule has 1 aromatic heterocycles. The van der Waals surface area contributed by atoms with E-state index in [1.807, 2.05) is 18.3 Å². The van der Waals surface area contributed by atoms with Gasteiger partial charge in [0, 0.05) is 23.2 Å². The molecule has 5 heteroatoms. The molecule has 2 rings (SSSR count). The first-order chi connectivity index (χ1) is 8.20. The van der Waals surface area contributed by atoms with Crippen LogP contribution in [0.15, 0.2) is 24.4 Å². The topological polar surface area (TPSA) is 24.9 Å². The Balaban J connectivity index is 2.21. The van der Waals surface area contributed by atoms with Gasteiger partial charge >= 0.3 is 0 Å². The van der Waals surface area contributed by atoms with Gasteiger partial charge in [0.1, 0.15) is 5.01 Å². The Morgan fingerprint density at radius 1 is 1.29 bits per heavy atom. The van der Waals surface area contributed by atoms with Gasteiger partial charge < -0.3 is 5.32 Å². The van der Waals surface area contributed by atoms with Crippen LogP contribution in [0.5, 0.6) is 0 Å². The lowest BCUT2D eigenvalue weighted by Gasteiger charge is -1.99. The van der Waals surface area contributed by atoms with Crippen LogP contribution in [0.1, 0.15) is 11.8 Å². The van der Waals surface area contributed by atoms with Gasteiger partial charge in [-0.2, -0.15) is 0 Å². The third kappa shape index (κ3) is 3.19. The molecule has 0 fully saturated rings. The Labute approximate surface area is 115 Å². The van der Waals surface area contributed by atoms with Gasteiger partial charge in [0.15, 0.2) is 0 Å². The van der Waals surface area contributed by atoms with Crippen LogP contribution in [0, 0.1) is 0 Å². The molecule has 1 heterocycles. The highest BCUT2D eigenvalue weighted by Crippen LogP contribution is 2.30. The van der Waals surface area contributed by atoms with Crippen LogP contribution in [0.3, 0.4) is 0 Å². The van der Waals surface area contributed by atoms with Gasteiger partial charge in [-0.3, -0.25) is 0 Å². The van der Waals surface area contributed by atoms with Crippen molar-refractivity contribution in [3.05, 3.63) is 39.3 Å². The van der Waals surface area contributed by atoms with Crippen molar-refractivity contribution < 1.29 is 0 Å². The van der Waals surface area contributed by atoms with Gasteiger partial charge in [0.2, 0.25) is 0 Å². The standard InChI is InChI=1S/C12H12Cl2N2S/c1-2-15-6-9-7-16-12(17-9)8-3-4-10(13)11(14)5-8/h3-5,7,15H,2,6H2,1H3. The van der Waals surface area contributed by atoms with Gasteiger partial charge in [-0.1, -0.05) is 36.2 Å². The highest BCUT2D eigenvalue weighted by Gasteiger charge is 2.06. The molecule has 0 amide bonds. The lowest BCUT2D eigenvalue weighted by molar-refractivity contribution is 0.734. The zero-order chi connectivity index (χ0) is 12.3. The Morgan fingerprint density at radius 3 is 2.82 bits per heavy atom. The van der Waals surface area contributed by atoms with Crippen molar-refractivity contribution in [1.82, 2.24) is 10.3 Å². The van der Waals surface area contributed by atoms with E-state index in [0.717, 1.165) is 23.7 Å². The summed E-state index contributed by atoms with van der Waals surface area (Å²) in [7, 11) is 0. The summed E-state index contributed by atoms with van der Waals surface area (Å²) in [6.07, 6.45) is 1.89. The molecule has 2 nitrogen and oxygen atoms in total. The maximum atomic E-state index is 5.99. The fourth-order valence-corrected chi connectivity index (χ4v) is 2.58. The Morgan fingerprint density at radius 2 is 2.12 bits per heavy atom. The van der Waals surface area contributed by atoms with Gasteiger partial charge in [-0.25, -0.2) is 4.98 Å². The van der Waals surface area contributed by atoms with Crippen LogP contribution < -0.4 is 5.32 Å². The van der Waals surface area contributed by atoms with E-state index in [-0.39, 0.29) is 0 Å². The average Bonchev–Trinajstić information content (AvgIpc) is 2.79. The van der Waals surface area contributed by atoms with Gasteiger partial charge in [-0.15, -0.1) is 11.3 Å². The molecule has 0 aliphatic carbocycles. The maximum absolute atomic E-state index is 5.99. The predicted molar refractivity (Wildman–Crippen MR) is 75.0 cm³/mol. The fourth-order valence-electron chi connectivity index (χ4n) is 1.40. The van der Waals surface area contributed by atoms with Crippen molar-refractivity contribution in [2.24, 2.45) is 0 Å². The van der Waals surface area contributed by atoms with Gasteiger partial charge in [0.25, 0.3) is 0 Å². The normalized spacial score (nSPS) is 10.8. The number of benzene rings is 1. The first-order valence-corrected chi connectivity index (χ1v) is 6.88. The second kappa shape index (κ2) is 5.83. The minimum absolute atomic E-state index is 0.563. The zero-order valence-corrected chi connectivity index (χ0v) is 11.7. The predicted octanol–water partition coefficient (Wildman–Crippen LogP) is 4.23. The minimum Gasteiger partial charge on any atom is -0.312 e. The molecule has 90 valence electrons. The summed E-state index contributed by atoms with van der Waals surface area (Å²) in [4.78, 5) is 5.60. The molecular formula is C12H12Cl2N2S. The monoisotopic (exact) mass is 286 g/mol. The number of halogens is 2. The minimum atomic E-state index is 0.563. The average molecular weight is 287 g/mol. The molecule has 0 aliphatic rings. The molecule has 0 unspecified atom stereocenters. The van der Waals surface area contributed by atoms with Crippen molar-refractivity contribution in [2.45, 2.75) is 13.5 Å². The highest BCUT2D eigenvalue weighted by atomic mass is 35.5. The number of aromatic nitrogens is 1. The molecule has 17 heavy (non-hydrogen) atoms. The van der Waals surface area contributed by atoms with Crippen molar-refractivity contribution >= 4 is 34.5 Å². The van der Waals surface area contributed by atoms with Crippen LogP contribution in [0.25, 0.3) is 10.6 Å². The van der Waals surface area contributed by atoms with Crippen molar-refractivity contribution in [3.63, 3.8) is 0 Å². The second-order valence-corrected chi connectivity index (χ2v) is 5.47. The highest BCUT2D eigenvalue weighted by molar-refractivity contribution is 7.15. The van der Waals surface area contributed by atoms with Crippen LogP contribution in [-0.4, -0.2) is 11.5 Å². The summed E-state index contributed by atoms with van der Waals surface area (Å²) in [5, 5.41) is 5.37. The summed E-state index contributed by atoms with van der Waals surface area (Å²) < 4.78 is 0. The summed E-state index contributed by atoms with van der Waals surface area (Å²) in [6.45, 7) is 3.90. The van der Waals surface area contributed by atoms with E-state index in [1.54, 1.807) is 17.4 Å². The number of thiazole rings is 1. The summed E-state index contributed by atoms with van der Waals surface area (Å²) in [6, 6.07) is 5.58. The molecule has 0 spiro atoms. The largest absolute Gasteiger partial charge is 0.312 e.